The zero-order chi connectivity index (χ0) is 17.4. The monoisotopic (exact) mass is 359 g/mol. The first-order chi connectivity index (χ1) is 10.5. The Kier molecular flexibility index (Phi) is 4.62. The smallest absolute Gasteiger partial charge is 0.243 e. The normalized spacial score (nSPS) is 12.7. The molecule has 0 saturated carbocycles. The van der Waals surface area contributed by atoms with Crippen molar-refractivity contribution in [1.29, 1.82) is 0 Å². The van der Waals surface area contributed by atoms with E-state index >= 15 is 0 Å². The molecule has 2 rings (SSSR count). The van der Waals surface area contributed by atoms with E-state index < -0.39 is 20.0 Å². The molecule has 0 atom stereocenters. The van der Waals surface area contributed by atoms with E-state index in [1.165, 1.54) is 19.2 Å². The van der Waals surface area contributed by atoms with Gasteiger partial charge in [0.15, 0.2) is 0 Å². The lowest BCUT2D eigenvalue weighted by atomic mass is 10.2. The lowest BCUT2D eigenvalue weighted by Crippen LogP contribution is -2.27. The van der Waals surface area contributed by atoms with Crippen LogP contribution >= 0.6 is 0 Å². The average Bonchev–Trinajstić information content (AvgIpc) is 2.78. The summed E-state index contributed by atoms with van der Waals surface area (Å²) in [5, 5.41) is 8.78. The van der Waals surface area contributed by atoms with Gasteiger partial charge in [0.1, 0.15) is 5.76 Å². The first-order valence-corrected chi connectivity index (χ1v) is 9.53. The van der Waals surface area contributed by atoms with Gasteiger partial charge in [-0.1, -0.05) is 5.16 Å². The zero-order valence-corrected chi connectivity index (χ0v) is 14.5. The van der Waals surface area contributed by atoms with Gasteiger partial charge in [-0.25, -0.2) is 22.0 Å². The number of hydrogen-bond acceptors (Lipinski definition) is 6. The first-order valence-electron chi connectivity index (χ1n) is 6.54. The Morgan fingerprint density at radius 3 is 2.04 bits per heavy atom. The third kappa shape index (κ3) is 3.61. The van der Waals surface area contributed by atoms with E-state index in [0.717, 1.165) is 16.4 Å². The van der Waals surface area contributed by atoms with E-state index in [1.807, 2.05) is 0 Å². The Morgan fingerprint density at radius 1 is 1.09 bits per heavy atom. The molecule has 2 aromatic rings. The van der Waals surface area contributed by atoms with Crippen molar-refractivity contribution in [1.82, 2.24) is 9.46 Å². The van der Waals surface area contributed by atoms with Gasteiger partial charge >= 0.3 is 0 Å². The minimum Gasteiger partial charge on any atom is -0.361 e. The van der Waals surface area contributed by atoms with Gasteiger partial charge in [0.2, 0.25) is 20.0 Å². The van der Waals surface area contributed by atoms with Gasteiger partial charge in [0, 0.05) is 19.2 Å². The van der Waals surface area contributed by atoms with Gasteiger partial charge in [-0.05, 0) is 38.1 Å². The van der Waals surface area contributed by atoms with Crippen LogP contribution in [-0.4, -0.2) is 33.3 Å². The standard InChI is InChI=1S/C13H17N3O5S2/c1-9-13(10(2)21-15-9)8-16(3)23(19,20)12-6-4-11(5-7-12)22(14,17)18/h4-7H,8H2,1-3H3,(H2,14,17,18). The van der Waals surface area contributed by atoms with Gasteiger partial charge in [-0.3, -0.25) is 0 Å². The topological polar surface area (TPSA) is 124 Å². The Balaban J connectivity index is 2.31. The van der Waals surface area contributed by atoms with E-state index in [-0.39, 0.29) is 16.3 Å². The zero-order valence-electron chi connectivity index (χ0n) is 12.8. The second-order valence-corrected chi connectivity index (χ2v) is 8.69. The summed E-state index contributed by atoms with van der Waals surface area (Å²) >= 11 is 0. The second-order valence-electron chi connectivity index (χ2n) is 5.08. The Labute approximate surface area is 135 Å². The molecule has 10 heteroatoms. The molecule has 1 aromatic carbocycles. The van der Waals surface area contributed by atoms with Crippen LogP contribution in [0, 0.1) is 13.8 Å². The highest BCUT2D eigenvalue weighted by atomic mass is 32.2. The van der Waals surface area contributed by atoms with Crippen LogP contribution in [0.2, 0.25) is 0 Å². The Morgan fingerprint density at radius 2 is 1.61 bits per heavy atom. The molecule has 0 fully saturated rings. The van der Waals surface area contributed by atoms with Gasteiger partial charge in [-0.2, -0.15) is 4.31 Å². The molecule has 0 amide bonds. The van der Waals surface area contributed by atoms with Crippen LogP contribution in [0.1, 0.15) is 17.0 Å². The minimum atomic E-state index is -3.87. The summed E-state index contributed by atoms with van der Waals surface area (Å²) < 4.78 is 53.7. The number of primary sulfonamides is 1. The minimum absolute atomic E-state index is 0.0286. The molecule has 0 aliphatic rings. The lowest BCUT2D eigenvalue weighted by Gasteiger charge is -2.17. The maximum atomic E-state index is 12.5. The third-order valence-corrected chi connectivity index (χ3v) is 6.17. The molecule has 8 nitrogen and oxygen atoms in total. The number of sulfonamides is 2. The second kappa shape index (κ2) is 6.04. The number of aromatic nitrogens is 1. The highest BCUT2D eigenvalue weighted by Crippen LogP contribution is 2.21. The third-order valence-electron chi connectivity index (χ3n) is 3.42. The number of hydrogen-bond donors (Lipinski definition) is 1. The van der Waals surface area contributed by atoms with E-state index in [0.29, 0.717) is 17.0 Å². The number of nitrogens with two attached hydrogens (primary N) is 1. The molecule has 1 heterocycles. The first kappa shape index (κ1) is 17.6. The van der Waals surface area contributed by atoms with Crippen LogP contribution in [0.25, 0.3) is 0 Å². The van der Waals surface area contributed by atoms with Crippen molar-refractivity contribution in [2.45, 2.75) is 30.2 Å². The fourth-order valence-corrected chi connectivity index (χ4v) is 3.67. The van der Waals surface area contributed by atoms with Crippen molar-refractivity contribution in [2.24, 2.45) is 5.14 Å². The fourth-order valence-electron chi connectivity index (χ4n) is 2.02. The van der Waals surface area contributed by atoms with Crippen LogP contribution < -0.4 is 5.14 Å². The summed E-state index contributed by atoms with van der Waals surface area (Å²) in [6, 6.07) is 4.73. The maximum Gasteiger partial charge on any atom is 0.243 e. The van der Waals surface area contributed by atoms with Crippen LogP contribution in [0.4, 0.5) is 0 Å². The molecular weight excluding hydrogens is 342 g/mol. The average molecular weight is 359 g/mol. The molecule has 1 aromatic heterocycles. The van der Waals surface area contributed by atoms with Crippen molar-refractivity contribution in [3.8, 4) is 0 Å². The Hall–Kier alpha value is -1.75. The number of nitrogens with zero attached hydrogens (tertiary/aromatic N) is 2. The maximum absolute atomic E-state index is 12.5. The quantitative estimate of drug-likeness (QED) is 0.840. The van der Waals surface area contributed by atoms with Gasteiger partial charge < -0.3 is 4.52 Å². The van der Waals surface area contributed by atoms with Crippen molar-refractivity contribution in [3.63, 3.8) is 0 Å². The van der Waals surface area contributed by atoms with Crippen LogP contribution in [-0.2, 0) is 26.6 Å². The van der Waals surface area contributed by atoms with E-state index in [2.05, 4.69) is 5.16 Å². The van der Waals surface area contributed by atoms with Crippen molar-refractivity contribution in [3.05, 3.63) is 41.3 Å². The van der Waals surface area contributed by atoms with Crippen molar-refractivity contribution >= 4 is 20.0 Å². The highest BCUT2D eigenvalue weighted by Gasteiger charge is 2.24. The summed E-state index contributed by atoms with van der Waals surface area (Å²) in [6.07, 6.45) is 0. The van der Waals surface area contributed by atoms with Crippen LogP contribution in [0.3, 0.4) is 0 Å². The van der Waals surface area contributed by atoms with E-state index in [1.54, 1.807) is 13.8 Å². The molecule has 0 aliphatic heterocycles. The number of aryl methyl sites for hydroxylation is 2. The van der Waals surface area contributed by atoms with Crippen LogP contribution in [0.15, 0.2) is 38.6 Å². The molecule has 0 radical (unpaired) electrons. The summed E-state index contributed by atoms with van der Waals surface area (Å²) in [7, 11) is -6.22. The predicted molar refractivity (Wildman–Crippen MR) is 82.4 cm³/mol. The molecular formula is C13H17N3O5S2. The summed E-state index contributed by atoms with van der Waals surface area (Å²) in [5.74, 6) is 0.550. The molecule has 0 spiro atoms. The molecule has 23 heavy (non-hydrogen) atoms. The molecule has 0 unspecified atom stereocenters. The predicted octanol–water partition coefficient (Wildman–Crippen LogP) is 0.760. The largest absolute Gasteiger partial charge is 0.361 e. The molecule has 126 valence electrons. The van der Waals surface area contributed by atoms with Crippen molar-refractivity contribution < 1.29 is 21.4 Å². The highest BCUT2D eigenvalue weighted by molar-refractivity contribution is 7.89. The SMILES string of the molecule is Cc1noc(C)c1CN(C)S(=O)(=O)c1ccc(S(N)(=O)=O)cc1. The summed E-state index contributed by atoms with van der Waals surface area (Å²) in [4.78, 5) is -0.177. The lowest BCUT2D eigenvalue weighted by molar-refractivity contribution is 0.390. The van der Waals surface area contributed by atoms with E-state index in [4.69, 9.17) is 9.66 Å². The van der Waals surface area contributed by atoms with Crippen LogP contribution in [0.5, 0.6) is 0 Å². The van der Waals surface area contributed by atoms with Gasteiger partial charge in [-0.15, -0.1) is 0 Å². The summed E-state index contributed by atoms with van der Waals surface area (Å²) in [6.45, 7) is 3.53. The van der Waals surface area contributed by atoms with Gasteiger partial charge in [0.05, 0.1) is 15.5 Å². The fraction of sp³-hybridized carbons (Fsp3) is 0.308. The van der Waals surface area contributed by atoms with Gasteiger partial charge in [0.25, 0.3) is 0 Å². The molecule has 0 aliphatic carbocycles. The van der Waals surface area contributed by atoms with E-state index in [9.17, 15) is 16.8 Å². The number of benzene rings is 1. The molecule has 2 N–H and O–H groups in total. The Bertz CT molecular complexity index is 896. The summed E-state index contributed by atoms with van der Waals surface area (Å²) in [5.41, 5.74) is 1.31. The number of rotatable bonds is 5. The molecule has 0 bridgehead atoms. The van der Waals surface area contributed by atoms with Crippen molar-refractivity contribution in [2.75, 3.05) is 7.05 Å². The molecule has 0 saturated heterocycles.